The van der Waals surface area contributed by atoms with E-state index < -0.39 is 0 Å². The molecule has 2 N–H and O–H groups in total. The average molecular weight is 255 g/mol. The van der Waals surface area contributed by atoms with Crippen LogP contribution in [0.3, 0.4) is 0 Å². The minimum absolute atomic E-state index is 0.620. The van der Waals surface area contributed by atoms with Crippen molar-refractivity contribution in [2.45, 2.75) is 6.92 Å². The maximum Gasteiger partial charge on any atom is 0.189 e. The summed E-state index contributed by atoms with van der Waals surface area (Å²) in [6, 6.07) is 7.58. The van der Waals surface area contributed by atoms with Crippen molar-refractivity contribution >= 4 is 5.69 Å². The first kappa shape index (κ1) is 11.4. The Labute approximate surface area is 109 Å². The highest BCUT2D eigenvalue weighted by molar-refractivity contribution is 5.63. The molecule has 2 heterocycles. The minimum atomic E-state index is 0.620. The van der Waals surface area contributed by atoms with Crippen LogP contribution >= 0.6 is 0 Å². The monoisotopic (exact) mass is 255 g/mol. The zero-order valence-electron chi connectivity index (χ0n) is 10.6. The Balaban J connectivity index is 2.14. The number of tetrazole rings is 1. The third-order valence-corrected chi connectivity index (χ3v) is 2.74. The van der Waals surface area contributed by atoms with Gasteiger partial charge in [0.25, 0.3) is 0 Å². The predicted molar refractivity (Wildman–Crippen MR) is 70.5 cm³/mol. The Morgan fingerprint density at radius 1 is 1.21 bits per heavy atom. The fraction of sp³-hybridized carbons (Fsp3) is 0.167. The van der Waals surface area contributed by atoms with Gasteiger partial charge in [-0.1, -0.05) is 0 Å². The minimum Gasteiger partial charge on any atom is -0.399 e. The van der Waals surface area contributed by atoms with Crippen LogP contribution in [0.4, 0.5) is 5.69 Å². The number of nitrogen functional groups attached to an aromatic ring is 1. The molecule has 0 aliphatic rings. The van der Waals surface area contributed by atoms with E-state index in [4.69, 9.17) is 5.73 Å². The second-order valence-electron chi connectivity index (χ2n) is 4.39. The first-order chi connectivity index (χ1) is 9.13. The third kappa shape index (κ3) is 2.05. The van der Waals surface area contributed by atoms with Gasteiger partial charge in [-0.2, -0.15) is 9.78 Å². The second-order valence-corrected chi connectivity index (χ2v) is 4.39. The van der Waals surface area contributed by atoms with E-state index in [1.807, 2.05) is 44.4 Å². The van der Waals surface area contributed by atoms with E-state index in [0.29, 0.717) is 17.3 Å². The molecule has 7 heteroatoms. The van der Waals surface area contributed by atoms with Crippen molar-refractivity contribution in [3.05, 3.63) is 36.0 Å². The molecule has 0 spiro atoms. The van der Waals surface area contributed by atoms with Gasteiger partial charge < -0.3 is 5.73 Å². The van der Waals surface area contributed by atoms with Gasteiger partial charge >= 0.3 is 0 Å². The molecule has 0 fully saturated rings. The van der Waals surface area contributed by atoms with Crippen LogP contribution in [0, 0.1) is 6.92 Å². The first-order valence-corrected chi connectivity index (χ1v) is 5.79. The molecule has 0 atom stereocenters. The molecule has 0 amide bonds. The molecule has 0 radical (unpaired) electrons. The Morgan fingerprint density at radius 3 is 2.74 bits per heavy atom. The molecule has 3 aromatic rings. The fourth-order valence-electron chi connectivity index (χ4n) is 1.98. The summed E-state index contributed by atoms with van der Waals surface area (Å²) in [5.74, 6) is 1.29. The van der Waals surface area contributed by atoms with E-state index in [1.54, 1.807) is 9.36 Å². The lowest BCUT2D eigenvalue weighted by atomic mass is 10.1. The molecule has 0 saturated heterocycles. The first-order valence-electron chi connectivity index (χ1n) is 5.79. The zero-order chi connectivity index (χ0) is 13.4. The van der Waals surface area contributed by atoms with Crippen LogP contribution in [0.1, 0.15) is 5.56 Å². The number of anilines is 1. The lowest BCUT2D eigenvalue weighted by Crippen LogP contribution is -2.02. The molecule has 7 nitrogen and oxygen atoms in total. The Morgan fingerprint density at radius 2 is 2.05 bits per heavy atom. The van der Waals surface area contributed by atoms with E-state index in [1.165, 1.54) is 0 Å². The normalized spacial score (nSPS) is 10.8. The molecule has 96 valence electrons. The summed E-state index contributed by atoms with van der Waals surface area (Å²) in [6.07, 6.45) is 1.84. The van der Waals surface area contributed by atoms with Crippen LogP contribution in [-0.4, -0.2) is 30.0 Å². The van der Waals surface area contributed by atoms with Crippen molar-refractivity contribution < 1.29 is 0 Å². The van der Waals surface area contributed by atoms with Gasteiger partial charge in [-0.25, -0.2) is 0 Å². The summed E-state index contributed by atoms with van der Waals surface area (Å²) in [7, 11) is 1.85. The van der Waals surface area contributed by atoms with E-state index in [9.17, 15) is 0 Å². The highest BCUT2D eigenvalue weighted by Gasteiger charge is 2.13. The van der Waals surface area contributed by atoms with E-state index >= 15 is 0 Å². The molecule has 0 saturated carbocycles. The van der Waals surface area contributed by atoms with Crippen molar-refractivity contribution in [3.63, 3.8) is 0 Å². The fourth-order valence-corrected chi connectivity index (χ4v) is 1.98. The van der Waals surface area contributed by atoms with E-state index in [0.717, 1.165) is 11.1 Å². The second kappa shape index (κ2) is 4.20. The maximum atomic E-state index is 5.86. The predicted octanol–water partition coefficient (Wildman–Crippen LogP) is 0.953. The lowest BCUT2D eigenvalue weighted by Gasteiger charge is -2.04. The van der Waals surface area contributed by atoms with Crippen molar-refractivity contribution in [1.29, 1.82) is 0 Å². The summed E-state index contributed by atoms with van der Waals surface area (Å²) in [5, 5.41) is 16.0. The number of nitrogens with two attached hydrogens (primary N) is 1. The van der Waals surface area contributed by atoms with Crippen molar-refractivity contribution in [1.82, 2.24) is 30.0 Å². The molecule has 0 aliphatic carbocycles. The van der Waals surface area contributed by atoms with Gasteiger partial charge in [-0.15, -0.1) is 5.10 Å². The number of nitrogens with zero attached hydrogens (tertiary/aromatic N) is 6. The van der Waals surface area contributed by atoms with Gasteiger partial charge in [-0.05, 0) is 41.1 Å². The maximum absolute atomic E-state index is 5.86. The summed E-state index contributed by atoms with van der Waals surface area (Å²) in [4.78, 5) is 0. The van der Waals surface area contributed by atoms with Gasteiger partial charge in [-0.3, -0.25) is 4.68 Å². The largest absolute Gasteiger partial charge is 0.399 e. The van der Waals surface area contributed by atoms with Crippen LogP contribution in [0.15, 0.2) is 30.5 Å². The number of aromatic nitrogens is 6. The SMILES string of the molecule is Cc1cc(N)cc(-c2nnnn2-c2ccn(C)n2)c1. The smallest absolute Gasteiger partial charge is 0.189 e. The zero-order valence-corrected chi connectivity index (χ0v) is 10.6. The van der Waals surface area contributed by atoms with Crippen molar-refractivity contribution in [2.75, 3.05) is 5.73 Å². The number of hydrogen-bond donors (Lipinski definition) is 1. The van der Waals surface area contributed by atoms with Gasteiger partial charge in [0.05, 0.1) is 0 Å². The van der Waals surface area contributed by atoms with Gasteiger partial charge in [0, 0.05) is 30.6 Å². The highest BCUT2D eigenvalue weighted by Crippen LogP contribution is 2.22. The number of aryl methyl sites for hydroxylation is 2. The standard InChI is InChI=1S/C12H13N7/c1-8-5-9(7-10(13)6-8)12-14-16-17-19(12)11-3-4-18(2)15-11/h3-7H,13H2,1-2H3. The van der Waals surface area contributed by atoms with Crippen LogP contribution in [-0.2, 0) is 7.05 Å². The van der Waals surface area contributed by atoms with Crippen LogP contribution in [0.2, 0.25) is 0 Å². The topological polar surface area (TPSA) is 87.4 Å². The van der Waals surface area contributed by atoms with Crippen molar-refractivity contribution in [3.8, 4) is 17.2 Å². The van der Waals surface area contributed by atoms with E-state index in [2.05, 4.69) is 20.6 Å². The molecule has 0 aliphatic heterocycles. The Bertz CT molecular complexity index is 705. The third-order valence-electron chi connectivity index (χ3n) is 2.74. The molecule has 3 rings (SSSR count). The molecule has 2 aromatic heterocycles. The summed E-state index contributed by atoms with van der Waals surface area (Å²) < 4.78 is 3.29. The highest BCUT2D eigenvalue weighted by atomic mass is 15.6. The number of hydrogen-bond acceptors (Lipinski definition) is 5. The summed E-state index contributed by atoms with van der Waals surface area (Å²) in [6.45, 7) is 1.98. The van der Waals surface area contributed by atoms with Crippen LogP contribution < -0.4 is 5.73 Å². The molecular formula is C12H13N7. The molecule has 19 heavy (non-hydrogen) atoms. The van der Waals surface area contributed by atoms with Gasteiger partial charge in [0.2, 0.25) is 0 Å². The van der Waals surface area contributed by atoms with Gasteiger partial charge in [0.15, 0.2) is 11.6 Å². The van der Waals surface area contributed by atoms with E-state index in [-0.39, 0.29) is 0 Å². The summed E-state index contributed by atoms with van der Waals surface area (Å²) >= 11 is 0. The average Bonchev–Trinajstić information content (AvgIpc) is 2.95. The van der Waals surface area contributed by atoms with Crippen LogP contribution in [0.25, 0.3) is 17.2 Å². The quantitative estimate of drug-likeness (QED) is 0.689. The number of benzene rings is 1. The number of rotatable bonds is 2. The molecular weight excluding hydrogens is 242 g/mol. The summed E-state index contributed by atoms with van der Waals surface area (Å²) in [5.41, 5.74) is 8.48. The van der Waals surface area contributed by atoms with Crippen LogP contribution in [0.5, 0.6) is 0 Å². The lowest BCUT2D eigenvalue weighted by molar-refractivity contribution is 0.715. The van der Waals surface area contributed by atoms with Crippen molar-refractivity contribution in [2.24, 2.45) is 7.05 Å². The molecule has 0 bridgehead atoms. The Hall–Kier alpha value is -2.70. The Kier molecular flexibility index (Phi) is 2.52. The molecule has 0 unspecified atom stereocenters. The molecule has 1 aromatic carbocycles. The van der Waals surface area contributed by atoms with Gasteiger partial charge in [0.1, 0.15) is 0 Å².